The SMILES string of the molecule is c1cn(CC23COC(C2)C3)cn1. The molecule has 3 nitrogen and oxygen atoms in total. The maximum absolute atomic E-state index is 5.55. The van der Waals surface area contributed by atoms with Gasteiger partial charge in [0.15, 0.2) is 0 Å². The van der Waals surface area contributed by atoms with Crippen molar-refractivity contribution < 1.29 is 4.74 Å². The van der Waals surface area contributed by atoms with Crippen molar-refractivity contribution in [2.45, 2.75) is 25.5 Å². The van der Waals surface area contributed by atoms with Crippen LogP contribution in [0, 0.1) is 5.41 Å². The van der Waals surface area contributed by atoms with Crippen LogP contribution in [-0.2, 0) is 11.3 Å². The molecule has 1 aliphatic carbocycles. The van der Waals surface area contributed by atoms with E-state index < -0.39 is 0 Å². The summed E-state index contributed by atoms with van der Waals surface area (Å²) in [5.41, 5.74) is 0.464. The third kappa shape index (κ3) is 0.829. The van der Waals surface area contributed by atoms with Crippen LogP contribution in [-0.4, -0.2) is 22.3 Å². The minimum atomic E-state index is 0.464. The Morgan fingerprint density at radius 3 is 3.08 bits per heavy atom. The van der Waals surface area contributed by atoms with Gasteiger partial charge in [0.2, 0.25) is 0 Å². The number of aromatic nitrogens is 2. The van der Waals surface area contributed by atoms with Crippen molar-refractivity contribution >= 4 is 0 Å². The lowest BCUT2D eigenvalue weighted by atomic mass is 9.70. The second-order valence-electron chi connectivity index (χ2n) is 4.08. The number of rotatable bonds is 2. The molecule has 0 radical (unpaired) electrons. The second kappa shape index (κ2) is 2.10. The Hall–Kier alpha value is -0.830. The van der Waals surface area contributed by atoms with Gasteiger partial charge in [0.1, 0.15) is 0 Å². The Morgan fingerprint density at radius 2 is 2.50 bits per heavy atom. The van der Waals surface area contributed by atoms with Gasteiger partial charge in [-0.15, -0.1) is 0 Å². The molecule has 1 aromatic heterocycles. The standard InChI is InChI=1S/C9H12N2O/c1-2-11(7-10-1)5-9-3-8(4-9)12-6-9/h1-2,7-8H,3-6H2. The molecular formula is C9H12N2O. The number of nitrogens with zero attached hydrogens (tertiary/aromatic N) is 2. The van der Waals surface area contributed by atoms with Gasteiger partial charge in [-0.3, -0.25) is 0 Å². The fourth-order valence-electron chi connectivity index (χ4n) is 2.38. The molecule has 1 saturated carbocycles. The largest absolute Gasteiger partial charge is 0.378 e. The minimum absolute atomic E-state index is 0.464. The zero-order chi connectivity index (χ0) is 8.02. The summed E-state index contributed by atoms with van der Waals surface area (Å²) in [6.07, 6.45) is 8.84. The van der Waals surface area contributed by atoms with E-state index in [1.807, 2.05) is 18.7 Å². The zero-order valence-corrected chi connectivity index (χ0v) is 6.94. The van der Waals surface area contributed by atoms with Crippen LogP contribution < -0.4 is 0 Å². The van der Waals surface area contributed by atoms with Gasteiger partial charge < -0.3 is 9.30 Å². The van der Waals surface area contributed by atoms with E-state index in [2.05, 4.69) is 9.55 Å². The number of hydrogen-bond acceptors (Lipinski definition) is 2. The third-order valence-electron chi connectivity index (χ3n) is 3.02. The number of imidazole rings is 1. The molecule has 3 fully saturated rings. The predicted octanol–water partition coefficient (Wildman–Crippen LogP) is 1.06. The third-order valence-corrected chi connectivity index (χ3v) is 3.02. The quantitative estimate of drug-likeness (QED) is 0.653. The summed E-state index contributed by atoms with van der Waals surface area (Å²) in [6.45, 7) is 2.04. The molecular weight excluding hydrogens is 152 g/mol. The van der Waals surface area contributed by atoms with Crippen molar-refractivity contribution in [2.75, 3.05) is 6.61 Å². The second-order valence-corrected chi connectivity index (χ2v) is 4.08. The molecule has 4 rings (SSSR count). The molecule has 12 heavy (non-hydrogen) atoms. The van der Waals surface area contributed by atoms with Crippen molar-refractivity contribution in [3.8, 4) is 0 Å². The van der Waals surface area contributed by atoms with Crippen LogP contribution in [0.2, 0.25) is 0 Å². The Labute approximate surface area is 71.4 Å². The normalized spacial score (nSPS) is 38.2. The molecule has 2 saturated heterocycles. The first-order valence-corrected chi connectivity index (χ1v) is 4.44. The zero-order valence-electron chi connectivity index (χ0n) is 6.94. The van der Waals surface area contributed by atoms with Crippen molar-refractivity contribution in [3.05, 3.63) is 18.7 Å². The number of ether oxygens (including phenoxy) is 1. The van der Waals surface area contributed by atoms with Crippen molar-refractivity contribution in [1.29, 1.82) is 0 Å². The minimum Gasteiger partial charge on any atom is -0.378 e. The van der Waals surface area contributed by atoms with Gasteiger partial charge >= 0.3 is 0 Å². The predicted molar refractivity (Wildman–Crippen MR) is 43.6 cm³/mol. The molecule has 0 aromatic carbocycles. The van der Waals surface area contributed by atoms with Crippen LogP contribution in [0.3, 0.4) is 0 Å². The lowest BCUT2D eigenvalue weighted by Crippen LogP contribution is -2.36. The highest BCUT2D eigenvalue weighted by Crippen LogP contribution is 2.50. The highest BCUT2D eigenvalue weighted by Gasteiger charge is 2.51. The molecule has 3 heterocycles. The molecule has 0 unspecified atom stereocenters. The summed E-state index contributed by atoms with van der Waals surface area (Å²) in [7, 11) is 0. The first-order chi connectivity index (χ1) is 5.86. The molecule has 0 spiro atoms. The fourth-order valence-corrected chi connectivity index (χ4v) is 2.38. The van der Waals surface area contributed by atoms with Crippen molar-refractivity contribution in [2.24, 2.45) is 5.41 Å². The van der Waals surface area contributed by atoms with Gasteiger partial charge in [-0.25, -0.2) is 4.98 Å². The molecule has 0 N–H and O–H groups in total. The number of hydrogen-bond donors (Lipinski definition) is 0. The van der Waals surface area contributed by atoms with Gasteiger partial charge in [0.25, 0.3) is 0 Å². The number of fused-ring (bicyclic) bond motifs is 1. The van der Waals surface area contributed by atoms with Crippen LogP contribution in [0.25, 0.3) is 0 Å². The molecule has 2 bridgehead atoms. The summed E-state index contributed by atoms with van der Waals surface area (Å²) >= 11 is 0. The Bertz CT molecular complexity index is 269. The van der Waals surface area contributed by atoms with E-state index in [1.54, 1.807) is 0 Å². The fraction of sp³-hybridized carbons (Fsp3) is 0.667. The van der Waals surface area contributed by atoms with Gasteiger partial charge in [-0.2, -0.15) is 0 Å². The van der Waals surface area contributed by atoms with E-state index in [9.17, 15) is 0 Å². The average Bonchev–Trinajstić information content (AvgIpc) is 2.61. The first-order valence-electron chi connectivity index (χ1n) is 4.44. The molecule has 3 heteroatoms. The monoisotopic (exact) mass is 164 g/mol. The van der Waals surface area contributed by atoms with Crippen LogP contribution in [0.4, 0.5) is 0 Å². The molecule has 0 atom stereocenters. The molecule has 64 valence electrons. The van der Waals surface area contributed by atoms with Gasteiger partial charge in [-0.05, 0) is 12.8 Å². The van der Waals surface area contributed by atoms with E-state index in [0.717, 1.165) is 13.2 Å². The van der Waals surface area contributed by atoms with Gasteiger partial charge in [-0.1, -0.05) is 0 Å². The summed E-state index contributed by atoms with van der Waals surface area (Å²) < 4.78 is 7.70. The van der Waals surface area contributed by atoms with Crippen LogP contribution >= 0.6 is 0 Å². The average molecular weight is 164 g/mol. The summed E-state index contributed by atoms with van der Waals surface area (Å²) in [5, 5.41) is 0. The van der Waals surface area contributed by atoms with Crippen LogP contribution in [0.1, 0.15) is 12.8 Å². The van der Waals surface area contributed by atoms with E-state index in [0.29, 0.717) is 11.5 Å². The lowest BCUT2D eigenvalue weighted by Gasteiger charge is -2.35. The maximum Gasteiger partial charge on any atom is 0.0946 e. The Balaban J connectivity index is 1.76. The Kier molecular flexibility index (Phi) is 1.17. The van der Waals surface area contributed by atoms with E-state index >= 15 is 0 Å². The molecule has 1 aromatic rings. The first kappa shape index (κ1) is 6.66. The smallest absolute Gasteiger partial charge is 0.0946 e. The molecule has 3 aliphatic rings. The highest BCUT2D eigenvalue weighted by molar-refractivity contribution is 5.00. The van der Waals surface area contributed by atoms with Gasteiger partial charge in [0.05, 0.1) is 19.0 Å². The summed E-state index contributed by atoms with van der Waals surface area (Å²) in [6, 6.07) is 0. The molecule has 0 amide bonds. The Morgan fingerprint density at radius 1 is 1.58 bits per heavy atom. The van der Waals surface area contributed by atoms with E-state index in [4.69, 9.17) is 4.74 Å². The van der Waals surface area contributed by atoms with Crippen molar-refractivity contribution in [3.63, 3.8) is 0 Å². The van der Waals surface area contributed by atoms with E-state index in [-0.39, 0.29) is 0 Å². The van der Waals surface area contributed by atoms with Crippen LogP contribution in [0.5, 0.6) is 0 Å². The highest BCUT2D eigenvalue weighted by atomic mass is 16.5. The summed E-state index contributed by atoms with van der Waals surface area (Å²) in [5.74, 6) is 0. The molecule has 2 aliphatic heterocycles. The van der Waals surface area contributed by atoms with Crippen molar-refractivity contribution in [1.82, 2.24) is 9.55 Å². The maximum atomic E-state index is 5.55. The summed E-state index contributed by atoms with van der Waals surface area (Å²) in [4.78, 5) is 4.03. The van der Waals surface area contributed by atoms with E-state index in [1.165, 1.54) is 12.8 Å². The topological polar surface area (TPSA) is 27.1 Å². The van der Waals surface area contributed by atoms with Gasteiger partial charge in [0, 0.05) is 24.4 Å². The van der Waals surface area contributed by atoms with Crippen LogP contribution in [0.15, 0.2) is 18.7 Å². The lowest BCUT2D eigenvalue weighted by molar-refractivity contribution is 0.105.